The van der Waals surface area contributed by atoms with Crippen LogP contribution in [0.5, 0.6) is 5.88 Å². The summed E-state index contributed by atoms with van der Waals surface area (Å²) in [6, 6.07) is 13.2. The molecule has 0 unspecified atom stereocenters. The lowest BCUT2D eigenvalue weighted by Gasteiger charge is -2.38. The molecule has 0 spiro atoms. The topological polar surface area (TPSA) is 54.5 Å². The van der Waals surface area contributed by atoms with Crippen LogP contribution in [0, 0.1) is 6.92 Å². The molecule has 1 aliphatic rings. The van der Waals surface area contributed by atoms with Gasteiger partial charge in [0.1, 0.15) is 6.10 Å². The van der Waals surface area contributed by atoms with Crippen molar-refractivity contribution in [3.05, 3.63) is 54.2 Å². The van der Waals surface area contributed by atoms with Crippen LogP contribution in [0.1, 0.15) is 5.56 Å². The smallest absolute Gasteiger partial charge is 0.322 e. The highest BCUT2D eigenvalue weighted by atomic mass is 16.5. The minimum absolute atomic E-state index is 0.0173. The Morgan fingerprint density at radius 2 is 2.00 bits per heavy atom. The van der Waals surface area contributed by atoms with Crippen molar-refractivity contribution in [2.24, 2.45) is 0 Å². The summed E-state index contributed by atoms with van der Waals surface area (Å²) in [7, 11) is 0. The fourth-order valence-corrected chi connectivity index (χ4v) is 2.11. The van der Waals surface area contributed by atoms with Gasteiger partial charge in [0.15, 0.2) is 0 Å². The standard InChI is InChI=1S/C16H17N3O2/c1-12-5-7-13(8-6-12)18-16(20)19-10-14(11-19)21-15-4-2-3-9-17-15/h2-9,14H,10-11H2,1H3,(H,18,20). The van der Waals surface area contributed by atoms with Crippen LogP contribution in [0.3, 0.4) is 0 Å². The predicted molar refractivity (Wildman–Crippen MR) is 80.4 cm³/mol. The first-order valence-corrected chi connectivity index (χ1v) is 6.91. The van der Waals surface area contributed by atoms with Gasteiger partial charge in [-0.05, 0) is 25.1 Å². The summed E-state index contributed by atoms with van der Waals surface area (Å²) < 4.78 is 5.66. The van der Waals surface area contributed by atoms with Gasteiger partial charge in [-0.25, -0.2) is 9.78 Å². The molecular formula is C16H17N3O2. The Labute approximate surface area is 123 Å². The third kappa shape index (κ3) is 3.31. The van der Waals surface area contributed by atoms with Crippen LogP contribution >= 0.6 is 0 Å². The summed E-state index contributed by atoms with van der Waals surface area (Å²) >= 11 is 0. The molecule has 1 aromatic heterocycles. The minimum Gasteiger partial charge on any atom is -0.471 e. The number of urea groups is 1. The second kappa shape index (κ2) is 5.83. The second-order valence-electron chi connectivity index (χ2n) is 5.11. The number of benzene rings is 1. The molecule has 0 atom stereocenters. The molecule has 1 saturated heterocycles. The molecule has 0 radical (unpaired) electrons. The molecule has 5 heteroatoms. The van der Waals surface area contributed by atoms with Gasteiger partial charge in [0.05, 0.1) is 13.1 Å². The lowest BCUT2D eigenvalue weighted by molar-refractivity contribution is 0.0461. The Hall–Kier alpha value is -2.56. The number of hydrogen-bond donors (Lipinski definition) is 1. The number of likely N-dealkylation sites (tertiary alicyclic amines) is 1. The van der Waals surface area contributed by atoms with Crippen molar-refractivity contribution in [1.29, 1.82) is 0 Å². The first kappa shape index (κ1) is 13.4. The molecule has 2 amide bonds. The number of ether oxygens (including phenoxy) is 1. The number of carbonyl (C=O) groups is 1. The van der Waals surface area contributed by atoms with E-state index in [0.29, 0.717) is 19.0 Å². The van der Waals surface area contributed by atoms with E-state index < -0.39 is 0 Å². The highest BCUT2D eigenvalue weighted by Gasteiger charge is 2.32. The third-order valence-electron chi connectivity index (χ3n) is 3.36. The van der Waals surface area contributed by atoms with E-state index in [4.69, 9.17) is 4.74 Å². The number of aromatic nitrogens is 1. The number of nitrogens with zero attached hydrogens (tertiary/aromatic N) is 2. The zero-order valence-corrected chi connectivity index (χ0v) is 11.8. The predicted octanol–water partition coefficient (Wildman–Crippen LogP) is 2.69. The molecule has 5 nitrogen and oxygen atoms in total. The van der Waals surface area contributed by atoms with Crippen LogP contribution in [-0.2, 0) is 0 Å². The van der Waals surface area contributed by atoms with Gasteiger partial charge in [0, 0.05) is 18.0 Å². The van der Waals surface area contributed by atoms with Crippen LogP contribution in [-0.4, -0.2) is 35.1 Å². The van der Waals surface area contributed by atoms with Gasteiger partial charge < -0.3 is 15.0 Å². The fraction of sp³-hybridized carbons (Fsp3) is 0.250. The van der Waals surface area contributed by atoms with E-state index in [-0.39, 0.29) is 12.1 Å². The number of anilines is 1. The van der Waals surface area contributed by atoms with E-state index in [1.54, 1.807) is 11.1 Å². The average molecular weight is 283 g/mol. The first-order valence-electron chi connectivity index (χ1n) is 6.91. The molecule has 1 fully saturated rings. The van der Waals surface area contributed by atoms with E-state index >= 15 is 0 Å². The molecule has 0 aliphatic carbocycles. The van der Waals surface area contributed by atoms with Gasteiger partial charge in [-0.2, -0.15) is 0 Å². The molecule has 1 aromatic carbocycles. The zero-order valence-electron chi connectivity index (χ0n) is 11.8. The Kier molecular flexibility index (Phi) is 3.73. The maximum atomic E-state index is 12.0. The lowest BCUT2D eigenvalue weighted by Crippen LogP contribution is -2.57. The number of aryl methyl sites for hydroxylation is 1. The Bertz CT molecular complexity index is 607. The Morgan fingerprint density at radius 1 is 1.24 bits per heavy atom. The van der Waals surface area contributed by atoms with E-state index in [1.807, 2.05) is 49.4 Å². The van der Waals surface area contributed by atoms with Crippen LogP contribution in [0.15, 0.2) is 48.7 Å². The molecule has 1 N–H and O–H groups in total. The van der Waals surface area contributed by atoms with E-state index in [0.717, 1.165) is 5.69 Å². The number of pyridine rings is 1. The van der Waals surface area contributed by atoms with Crippen molar-refractivity contribution in [1.82, 2.24) is 9.88 Å². The second-order valence-corrected chi connectivity index (χ2v) is 5.11. The number of amides is 2. The maximum absolute atomic E-state index is 12.0. The zero-order chi connectivity index (χ0) is 14.7. The summed E-state index contributed by atoms with van der Waals surface area (Å²) in [4.78, 5) is 17.8. The van der Waals surface area contributed by atoms with Gasteiger partial charge in [-0.1, -0.05) is 23.8 Å². The van der Waals surface area contributed by atoms with Gasteiger partial charge in [0.25, 0.3) is 0 Å². The van der Waals surface area contributed by atoms with E-state index in [1.165, 1.54) is 5.56 Å². The molecular weight excluding hydrogens is 266 g/mol. The molecule has 108 valence electrons. The maximum Gasteiger partial charge on any atom is 0.322 e. The van der Waals surface area contributed by atoms with Crippen molar-refractivity contribution < 1.29 is 9.53 Å². The Morgan fingerprint density at radius 3 is 2.67 bits per heavy atom. The van der Waals surface area contributed by atoms with Crippen LogP contribution in [0.4, 0.5) is 10.5 Å². The molecule has 3 rings (SSSR count). The van der Waals surface area contributed by atoms with Crippen LogP contribution in [0.25, 0.3) is 0 Å². The average Bonchev–Trinajstić information content (AvgIpc) is 2.46. The summed E-state index contributed by atoms with van der Waals surface area (Å²) in [5.41, 5.74) is 1.97. The molecule has 21 heavy (non-hydrogen) atoms. The quantitative estimate of drug-likeness (QED) is 0.942. The number of hydrogen-bond acceptors (Lipinski definition) is 3. The van der Waals surface area contributed by atoms with Gasteiger partial charge in [-0.15, -0.1) is 0 Å². The highest BCUT2D eigenvalue weighted by molar-refractivity contribution is 5.89. The minimum atomic E-state index is -0.0975. The number of carbonyl (C=O) groups excluding carboxylic acids is 1. The molecule has 0 saturated carbocycles. The summed E-state index contributed by atoms with van der Waals surface area (Å²) in [6.07, 6.45) is 1.71. The van der Waals surface area contributed by atoms with Gasteiger partial charge >= 0.3 is 6.03 Å². The van der Waals surface area contributed by atoms with Crippen molar-refractivity contribution >= 4 is 11.7 Å². The largest absolute Gasteiger partial charge is 0.471 e. The molecule has 0 bridgehead atoms. The number of rotatable bonds is 3. The van der Waals surface area contributed by atoms with Crippen LogP contribution < -0.4 is 10.1 Å². The number of nitrogens with one attached hydrogen (secondary N) is 1. The molecule has 1 aliphatic heterocycles. The molecule has 2 aromatic rings. The first-order chi connectivity index (χ1) is 10.2. The normalized spacial score (nSPS) is 14.4. The summed E-state index contributed by atoms with van der Waals surface area (Å²) in [5.74, 6) is 0.598. The van der Waals surface area contributed by atoms with Crippen molar-refractivity contribution in [2.45, 2.75) is 13.0 Å². The summed E-state index contributed by atoms with van der Waals surface area (Å²) in [6.45, 7) is 3.17. The van der Waals surface area contributed by atoms with Gasteiger partial charge in [-0.3, -0.25) is 0 Å². The fourth-order valence-electron chi connectivity index (χ4n) is 2.11. The third-order valence-corrected chi connectivity index (χ3v) is 3.36. The Balaban J connectivity index is 1.47. The lowest BCUT2D eigenvalue weighted by atomic mass is 10.2. The van der Waals surface area contributed by atoms with Crippen molar-refractivity contribution in [2.75, 3.05) is 18.4 Å². The van der Waals surface area contributed by atoms with Crippen molar-refractivity contribution in [3.8, 4) is 5.88 Å². The van der Waals surface area contributed by atoms with E-state index in [2.05, 4.69) is 10.3 Å². The van der Waals surface area contributed by atoms with Crippen molar-refractivity contribution in [3.63, 3.8) is 0 Å². The SMILES string of the molecule is Cc1ccc(NC(=O)N2CC(Oc3ccccn3)C2)cc1. The monoisotopic (exact) mass is 283 g/mol. The summed E-state index contributed by atoms with van der Waals surface area (Å²) in [5, 5.41) is 2.87. The van der Waals surface area contributed by atoms with E-state index in [9.17, 15) is 4.79 Å². The van der Waals surface area contributed by atoms with Crippen LogP contribution in [0.2, 0.25) is 0 Å². The highest BCUT2D eigenvalue weighted by Crippen LogP contribution is 2.17. The molecule has 2 heterocycles. The van der Waals surface area contributed by atoms with Gasteiger partial charge in [0.2, 0.25) is 5.88 Å².